The molecule has 4 N–H and O–H groups in total. The summed E-state index contributed by atoms with van der Waals surface area (Å²) in [5.74, 6) is -0.288. The first-order valence-corrected chi connectivity index (χ1v) is 9.93. The maximum atomic E-state index is 10.5. The van der Waals surface area contributed by atoms with Gasteiger partial charge in [0.2, 0.25) is 0 Å². The van der Waals surface area contributed by atoms with Crippen molar-refractivity contribution in [3.8, 4) is 5.75 Å². The largest absolute Gasteiger partial charge is 0.508 e. The molecule has 0 saturated carbocycles. The van der Waals surface area contributed by atoms with Crippen LogP contribution in [0, 0.1) is 0 Å². The summed E-state index contributed by atoms with van der Waals surface area (Å²) in [4.78, 5) is 0. The van der Waals surface area contributed by atoms with Crippen molar-refractivity contribution in [2.45, 2.75) is 57.6 Å². The number of unbranched alkanes of at least 4 members (excludes halogenated alkanes) is 1. The standard InChI is InChI=1S/C25H37NO4/c27-20-23-18-22(13-14-24(23)28)25(29)19-26-15-7-1-2-8-16-30-17-9-6-12-21-10-4-3-5-11-21/h3-5,10-11,13-14,18,25-29H,1-2,6-9,12,15-17,19-20H2/i7D2,8D2,15D2,16D2,19D2. The normalized spacial score (nSPS) is 19.5. The molecule has 0 radical (unpaired) electrons. The Morgan fingerprint density at radius 1 is 1.00 bits per heavy atom. The van der Waals surface area contributed by atoms with Crippen molar-refractivity contribution in [2.75, 3.05) is 26.2 Å². The third kappa shape index (κ3) is 9.72. The van der Waals surface area contributed by atoms with Gasteiger partial charge in [0.15, 0.2) is 0 Å². The molecule has 0 fully saturated rings. The summed E-state index contributed by atoms with van der Waals surface area (Å²) < 4.78 is 86.5. The number of ether oxygens (including phenoxy) is 1. The molecule has 0 aliphatic carbocycles. The van der Waals surface area contributed by atoms with Gasteiger partial charge in [-0.3, -0.25) is 0 Å². The number of aryl methyl sites for hydroxylation is 1. The Labute approximate surface area is 194 Å². The van der Waals surface area contributed by atoms with Crippen LogP contribution in [-0.2, 0) is 17.8 Å². The van der Waals surface area contributed by atoms with Gasteiger partial charge in [-0.15, -0.1) is 0 Å². The predicted octanol–water partition coefficient (Wildman–Crippen LogP) is 4.11. The molecule has 5 heteroatoms. The average Bonchev–Trinajstić information content (AvgIpc) is 2.87. The number of hydrogen-bond donors (Lipinski definition) is 4. The molecular formula is C25H37NO4. The highest BCUT2D eigenvalue weighted by molar-refractivity contribution is 5.36. The minimum atomic E-state index is -3.13. The van der Waals surface area contributed by atoms with Crippen LogP contribution in [0.4, 0.5) is 0 Å². The Morgan fingerprint density at radius 3 is 2.60 bits per heavy atom. The minimum Gasteiger partial charge on any atom is -0.508 e. The fourth-order valence-corrected chi connectivity index (χ4v) is 2.62. The summed E-state index contributed by atoms with van der Waals surface area (Å²) in [5, 5.41) is 31.3. The second-order valence-electron chi connectivity index (χ2n) is 6.59. The number of aliphatic hydroxyl groups is 2. The van der Waals surface area contributed by atoms with Crippen LogP contribution in [0.5, 0.6) is 5.75 Å². The van der Waals surface area contributed by atoms with Gasteiger partial charge in [-0.1, -0.05) is 49.2 Å². The smallest absolute Gasteiger partial charge is 0.121 e. The summed E-state index contributed by atoms with van der Waals surface area (Å²) in [7, 11) is 0. The fraction of sp³-hybridized carbons (Fsp3) is 0.520. The van der Waals surface area contributed by atoms with E-state index in [9.17, 15) is 15.3 Å². The monoisotopic (exact) mass is 425 g/mol. The molecule has 0 saturated heterocycles. The molecule has 0 bridgehead atoms. The highest BCUT2D eigenvalue weighted by atomic mass is 16.5. The maximum Gasteiger partial charge on any atom is 0.121 e. The molecule has 1 atom stereocenters. The van der Waals surface area contributed by atoms with Crippen LogP contribution in [0.1, 0.15) is 74.9 Å². The summed E-state index contributed by atoms with van der Waals surface area (Å²) in [6, 6.07) is 13.1. The van der Waals surface area contributed by atoms with Crippen molar-refractivity contribution < 1.29 is 33.8 Å². The Balaban J connectivity index is 1.97. The summed E-state index contributed by atoms with van der Waals surface area (Å²) in [6.07, 6.45) is -7.32. The lowest BCUT2D eigenvalue weighted by Gasteiger charge is -2.14. The van der Waals surface area contributed by atoms with E-state index in [0.29, 0.717) is 12.8 Å². The number of benzene rings is 2. The molecule has 166 valence electrons. The van der Waals surface area contributed by atoms with Crippen LogP contribution in [-0.4, -0.2) is 41.5 Å². The number of aromatic hydroxyl groups is 1. The van der Waals surface area contributed by atoms with E-state index in [1.165, 1.54) is 6.07 Å². The zero-order valence-electron chi connectivity index (χ0n) is 26.9. The number of aliphatic hydroxyl groups excluding tert-OH is 2. The highest BCUT2D eigenvalue weighted by Crippen LogP contribution is 2.22. The summed E-state index contributed by atoms with van der Waals surface area (Å²) in [6.45, 7) is -9.52. The van der Waals surface area contributed by atoms with E-state index < -0.39 is 57.9 Å². The summed E-state index contributed by atoms with van der Waals surface area (Å²) in [5.41, 5.74) is 1.00. The lowest BCUT2D eigenvalue weighted by atomic mass is 10.1. The molecule has 5 nitrogen and oxygen atoms in total. The van der Waals surface area contributed by atoms with Gasteiger partial charge in [-0.2, -0.15) is 0 Å². The van der Waals surface area contributed by atoms with Gasteiger partial charge in [0.1, 0.15) is 5.75 Å². The van der Waals surface area contributed by atoms with Crippen LogP contribution in [0.25, 0.3) is 0 Å². The van der Waals surface area contributed by atoms with E-state index >= 15 is 0 Å². The molecule has 30 heavy (non-hydrogen) atoms. The van der Waals surface area contributed by atoms with Crippen LogP contribution < -0.4 is 5.32 Å². The Bertz CT molecular complexity index is 1090. The van der Waals surface area contributed by atoms with Crippen LogP contribution in [0.3, 0.4) is 0 Å². The molecule has 0 amide bonds. The van der Waals surface area contributed by atoms with E-state index in [1.807, 2.05) is 35.6 Å². The van der Waals surface area contributed by atoms with Gasteiger partial charge in [0.05, 0.1) is 15.5 Å². The van der Waals surface area contributed by atoms with Crippen LogP contribution >= 0.6 is 0 Å². The Kier molecular flexibility index (Phi) is 6.73. The van der Waals surface area contributed by atoms with Gasteiger partial charge >= 0.3 is 0 Å². The third-order valence-corrected chi connectivity index (χ3v) is 4.27. The lowest BCUT2D eigenvalue weighted by molar-refractivity contribution is 0.126. The van der Waals surface area contributed by atoms with Crippen molar-refractivity contribution in [3.05, 3.63) is 65.2 Å². The molecular weight excluding hydrogens is 378 g/mol. The SMILES string of the molecule is [2H]C([2H])(NC([2H])([2H])C([2H])([2H])CCC([2H])([2H])C([2H])([2H])OCCCCc1ccccc1)C(O)c1ccc(O)c(CO)c1. The van der Waals surface area contributed by atoms with Crippen molar-refractivity contribution in [2.24, 2.45) is 0 Å². The Hall–Kier alpha value is -1.92. The fourth-order valence-electron chi connectivity index (χ4n) is 2.62. The molecule has 1 unspecified atom stereocenters. The van der Waals surface area contributed by atoms with E-state index in [0.717, 1.165) is 24.1 Å². The molecule has 0 aromatic heterocycles. The molecule has 2 rings (SSSR count). The second kappa shape index (κ2) is 15.0. The number of hydrogen-bond acceptors (Lipinski definition) is 5. The summed E-state index contributed by atoms with van der Waals surface area (Å²) >= 11 is 0. The van der Waals surface area contributed by atoms with E-state index in [2.05, 4.69) is 0 Å². The minimum absolute atomic E-state index is 0.000561. The average molecular weight is 426 g/mol. The molecule has 0 spiro atoms. The Morgan fingerprint density at radius 2 is 1.80 bits per heavy atom. The van der Waals surface area contributed by atoms with Crippen LogP contribution in [0.2, 0.25) is 0 Å². The molecule has 0 aliphatic heterocycles. The van der Waals surface area contributed by atoms with Crippen molar-refractivity contribution in [1.82, 2.24) is 5.32 Å². The van der Waals surface area contributed by atoms with Gasteiger partial charge in [-0.25, -0.2) is 0 Å². The third-order valence-electron chi connectivity index (χ3n) is 4.27. The first-order valence-electron chi connectivity index (χ1n) is 14.9. The predicted molar refractivity (Wildman–Crippen MR) is 121 cm³/mol. The van der Waals surface area contributed by atoms with Gasteiger partial charge in [0, 0.05) is 36.2 Å². The highest BCUT2D eigenvalue weighted by Gasteiger charge is 2.09. The van der Waals surface area contributed by atoms with Gasteiger partial charge in [-0.05, 0) is 61.8 Å². The number of phenols is 1. The van der Waals surface area contributed by atoms with E-state index in [4.69, 9.17) is 18.4 Å². The molecule has 0 heterocycles. The van der Waals surface area contributed by atoms with Crippen molar-refractivity contribution >= 4 is 0 Å². The zero-order valence-corrected chi connectivity index (χ0v) is 16.9. The van der Waals surface area contributed by atoms with E-state index in [-0.39, 0.29) is 23.5 Å². The van der Waals surface area contributed by atoms with Crippen LogP contribution in [0.15, 0.2) is 48.5 Å². The first kappa shape index (κ1) is 13.5. The number of nitrogens with one attached hydrogen (secondary N) is 1. The zero-order chi connectivity index (χ0) is 30.4. The quantitative estimate of drug-likeness (QED) is 0.304. The van der Waals surface area contributed by atoms with Gasteiger partial charge < -0.3 is 25.4 Å². The first-order chi connectivity index (χ1) is 18.4. The van der Waals surface area contributed by atoms with E-state index in [1.54, 1.807) is 0 Å². The number of rotatable bonds is 16. The van der Waals surface area contributed by atoms with Crippen molar-refractivity contribution in [1.29, 1.82) is 0 Å². The molecule has 0 aliphatic rings. The van der Waals surface area contributed by atoms with Gasteiger partial charge in [0.25, 0.3) is 0 Å². The van der Waals surface area contributed by atoms with Crippen molar-refractivity contribution in [3.63, 3.8) is 0 Å². The maximum absolute atomic E-state index is 10.5. The lowest BCUT2D eigenvalue weighted by Crippen LogP contribution is -2.22. The molecule has 2 aromatic rings. The topological polar surface area (TPSA) is 82.0 Å². The second-order valence-corrected chi connectivity index (χ2v) is 6.59. The molecule has 2 aromatic carbocycles.